The highest BCUT2D eigenvalue weighted by Gasteiger charge is 2.22. The molecule has 1 fully saturated rings. The molecule has 1 aromatic carbocycles. The van der Waals surface area contributed by atoms with Crippen molar-refractivity contribution in [1.29, 1.82) is 0 Å². The Morgan fingerprint density at radius 2 is 2.03 bits per heavy atom. The minimum atomic E-state index is -0.413. The summed E-state index contributed by atoms with van der Waals surface area (Å²) in [6.45, 7) is 2.85. The van der Waals surface area contributed by atoms with E-state index in [-0.39, 0.29) is 0 Å². The Morgan fingerprint density at radius 1 is 1.17 bits per heavy atom. The Balaban J connectivity index is 1.45. The summed E-state index contributed by atoms with van der Waals surface area (Å²) in [6, 6.07) is 11.6. The lowest BCUT2D eigenvalue weighted by Gasteiger charge is -2.28. The van der Waals surface area contributed by atoms with Gasteiger partial charge in [-0.2, -0.15) is 5.10 Å². The fourth-order valence-corrected chi connectivity index (χ4v) is 5.36. The van der Waals surface area contributed by atoms with Crippen LogP contribution in [0.2, 0.25) is 0 Å². The highest BCUT2D eigenvalue weighted by Crippen LogP contribution is 2.40. The molecule has 36 heavy (non-hydrogen) atoms. The van der Waals surface area contributed by atoms with Gasteiger partial charge in [-0.05, 0) is 24.3 Å². The summed E-state index contributed by atoms with van der Waals surface area (Å²) in [4.78, 5) is 30.5. The molecular formula is C25H23N7O3S. The van der Waals surface area contributed by atoms with Gasteiger partial charge in [0, 0.05) is 37.3 Å². The van der Waals surface area contributed by atoms with Gasteiger partial charge in [0.2, 0.25) is 0 Å². The molecule has 5 aromatic rings. The third-order valence-electron chi connectivity index (χ3n) is 6.22. The number of nitrogens with zero attached hydrogens (tertiary/aromatic N) is 6. The Bertz CT molecular complexity index is 1560. The molecule has 6 rings (SSSR count). The zero-order valence-electron chi connectivity index (χ0n) is 19.8. The summed E-state index contributed by atoms with van der Waals surface area (Å²) in [5.41, 5.74) is 3.14. The van der Waals surface area contributed by atoms with Gasteiger partial charge in [-0.15, -0.1) is 11.3 Å². The maximum absolute atomic E-state index is 11.8. The largest absolute Gasteiger partial charge is 0.465 e. The van der Waals surface area contributed by atoms with E-state index in [4.69, 9.17) is 19.4 Å². The van der Waals surface area contributed by atoms with Crippen LogP contribution in [0, 0.1) is 0 Å². The Labute approximate surface area is 210 Å². The van der Waals surface area contributed by atoms with Crippen LogP contribution in [-0.2, 0) is 9.47 Å². The van der Waals surface area contributed by atoms with E-state index in [0.29, 0.717) is 30.4 Å². The Kier molecular flexibility index (Phi) is 5.70. The molecule has 10 nitrogen and oxygen atoms in total. The number of anilines is 3. The molecule has 4 aromatic heterocycles. The lowest BCUT2D eigenvalue weighted by atomic mass is 10.1. The minimum Gasteiger partial charge on any atom is -0.465 e. The molecule has 1 N–H and O–H groups in total. The molecule has 0 saturated carbocycles. The highest BCUT2D eigenvalue weighted by molar-refractivity contribution is 7.23. The predicted molar refractivity (Wildman–Crippen MR) is 139 cm³/mol. The van der Waals surface area contributed by atoms with Gasteiger partial charge in [0.05, 0.1) is 52.8 Å². The fraction of sp³-hybridized carbons (Fsp3) is 0.240. The average Bonchev–Trinajstić information content (AvgIpc) is 3.59. The van der Waals surface area contributed by atoms with E-state index in [0.717, 1.165) is 50.6 Å². The number of nitrogens with one attached hydrogen (secondary N) is 1. The van der Waals surface area contributed by atoms with Crippen LogP contribution in [0.15, 0.2) is 48.8 Å². The zero-order valence-corrected chi connectivity index (χ0v) is 20.6. The van der Waals surface area contributed by atoms with Gasteiger partial charge in [-0.1, -0.05) is 12.1 Å². The topological polar surface area (TPSA) is 109 Å². The van der Waals surface area contributed by atoms with Crippen molar-refractivity contribution in [3.63, 3.8) is 0 Å². The van der Waals surface area contributed by atoms with Crippen LogP contribution in [0.3, 0.4) is 0 Å². The van der Waals surface area contributed by atoms with Crippen LogP contribution in [-0.4, -0.2) is 71.6 Å². The van der Waals surface area contributed by atoms with Crippen LogP contribution in [0.1, 0.15) is 10.4 Å². The fourth-order valence-electron chi connectivity index (χ4n) is 4.28. The molecule has 0 aliphatic carbocycles. The van der Waals surface area contributed by atoms with Crippen LogP contribution in [0.5, 0.6) is 0 Å². The SMILES string of the molecule is COC(=O)c1ccc(N(C)c2cc3nc(-c4cccc5[nH]ncc45)nc(N4CCOCC4)c3s2)nc1. The third kappa shape index (κ3) is 3.91. The Hall–Kier alpha value is -4.09. The molecule has 0 radical (unpaired) electrons. The van der Waals surface area contributed by atoms with Crippen molar-refractivity contribution in [2.45, 2.75) is 0 Å². The molecule has 0 unspecified atom stereocenters. The van der Waals surface area contributed by atoms with E-state index >= 15 is 0 Å². The van der Waals surface area contributed by atoms with Crippen LogP contribution >= 0.6 is 11.3 Å². The summed E-state index contributed by atoms with van der Waals surface area (Å²) in [7, 11) is 3.30. The van der Waals surface area contributed by atoms with E-state index in [9.17, 15) is 4.79 Å². The van der Waals surface area contributed by atoms with Crippen LogP contribution < -0.4 is 9.80 Å². The minimum absolute atomic E-state index is 0.407. The van der Waals surface area contributed by atoms with Crippen LogP contribution in [0.25, 0.3) is 32.5 Å². The first kappa shape index (κ1) is 22.4. The average molecular weight is 502 g/mol. The normalized spacial score (nSPS) is 13.9. The lowest BCUT2D eigenvalue weighted by molar-refractivity contribution is 0.0600. The second kappa shape index (κ2) is 9.17. The Morgan fingerprint density at radius 3 is 2.81 bits per heavy atom. The second-order valence-electron chi connectivity index (χ2n) is 8.36. The number of aromatic amines is 1. The zero-order chi connectivity index (χ0) is 24.6. The predicted octanol–water partition coefficient (Wildman–Crippen LogP) is 4.02. The number of ether oxygens (including phenoxy) is 2. The first-order chi connectivity index (χ1) is 17.6. The summed E-state index contributed by atoms with van der Waals surface area (Å²) in [6.07, 6.45) is 3.33. The van der Waals surface area contributed by atoms with E-state index in [2.05, 4.69) is 26.1 Å². The molecule has 1 aliphatic heterocycles. The molecule has 0 atom stereocenters. The molecule has 0 bridgehead atoms. The number of benzene rings is 1. The first-order valence-corrected chi connectivity index (χ1v) is 12.3. The van der Waals surface area contributed by atoms with Crippen molar-refractivity contribution in [3.8, 4) is 11.4 Å². The molecule has 5 heterocycles. The van der Waals surface area contributed by atoms with Crippen LogP contribution in [0.4, 0.5) is 16.6 Å². The maximum atomic E-state index is 11.8. The van der Waals surface area contributed by atoms with E-state index < -0.39 is 5.97 Å². The van der Waals surface area contributed by atoms with E-state index in [1.165, 1.54) is 13.3 Å². The van der Waals surface area contributed by atoms with Gasteiger partial charge in [-0.25, -0.2) is 19.7 Å². The number of rotatable bonds is 5. The number of methoxy groups -OCH3 is 1. The second-order valence-corrected chi connectivity index (χ2v) is 9.39. The highest BCUT2D eigenvalue weighted by atomic mass is 32.1. The van der Waals surface area contributed by atoms with E-state index in [1.54, 1.807) is 23.5 Å². The van der Waals surface area contributed by atoms with E-state index in [1.807, 2.05) is 36.3 Å². The van der Waals surface area contributed by atoms with Crippen molar-refractivity contribution < 1.29 is 14.3 Å². The van der Waals surface area contributed by atoms with Crippen molar-refractivity contribution in [1.82, 2.24) is 25.1 Å². The number of aromatic nitrogens is 5. The van der Waals surface area contributed by atoms with Crippen molar-refractivity contribution in [2.75, 3.05) is 50.3 Å². The van der Waals surface area contributed by atoms with Crippen molar-refractivity contribution >= 4 is 55.1 Å². The number of fused-ring (bicyclic) bond motifs is 2. The number of carbonyl (C=O) groups is 1. The molecule has 11 heteroatoms. The molecule has 0 amide bonds. The standard InChI is InChI=1S/C25H23N7O3S/c1-31(20-7-6-15(13-26-20)25(33)34-2)21-12-19-22(36-21)24(32-8-10-35-11-9-32)29-23(28-19)16-4-3-5-18-17(16)14-27-30-18/h3-7,12-14H,8-11H2,1-2H3,(H,27,30). The number of hydrogen-bond acceptors (Lipinski definition) is 10. The maximum Gasteiger partial charge on any atom is 0.339 e. The molecule has 1 saturated heterocycles. The summed E-state index contributed by atoms with van der Waals surface area (Å²) >= 11 is 1.61. The molecular weight excluding hydrogens is 478 g/mol. The summed E-state index contributed by atoms with van der Waals surface area (Å²) in [5.74, 6) is 1.85. The van der Waals surface area contributed by atoms with Gasteiger partial charge in [-0.3, -0.25) is 5.10 Å². The number of carbonyl (C=O) groups excluding carboxylic acids is 1. The third-order valence-corrected chi connectivity index (χ3v) is 7.42. The van der Waals surface area contributed by atoms with Crippen molar-refractivity contribution in [3.05, 3.63) is 54.4 Å². The summed E-state index contributed by atoms with van der Waals surface area (Å²) in [5, 5.41) is 9.16. The van der Waals surface area contributed by atoms with Gasteiger partial charge < -0.3 is 19.3 Å². The molecule has 182 valence electrons. The quantitative estimate of drug-likeness (QED) is 0.357. The van der Waals surface area contributed by atoms with Crippen molar-refractivity contribution in [2.24, 2.45) is 0 Å². The molecule has 1 aliphatic rings. The van der Waals surface area contributed by atoms with Gasteiger partial charge in [0.25, 0.3) is 0 Å². The number of pyridine rings is 1. The summed E-state index contributed by atoms with van der Waals surface area (Å²) < 4.78 is 11.4. The monoisotopic (exact) mass is 501 g/mol. The first-order valence-electron chi connectivity index (χ1n) is 11.5. The number of esters is 1. The van der Waals surface area contributed by atoms with Gasteiger partial charge >= 0.3 is 5.97 Å². The van der Waals surface area contributed by atoms with Gasteiger partial charge in [0.15, 0.2) is 11.6 Å². The lowest BCUT2D eigenvalue weighted by Crippen LogP contribution is -2.36. The molecule has 0 spiro atoms. The van der Waals surface area contributed by atoms with Gasteiger partial charge in [0.1, 0.15) is 5.82 Å². The number of morpholine rings is 1. The smallest absolute Gasteiger partial charge is 0.339 e. The number of thiophene rings is 1. The number of hydrogen-bond donors (Lipinski definition) is 1. The number of H-pyrrole nitrogens is 1.